The van der Waals surface area contributed by atoms with Gasteiger partial charge >= 0.3 is 0 Å². The van der Waals surface area contributed by atoms with Crippen LogP contribution in [0.15, 0.2) is 131 Å². The zero-order valence-corrected chi connectivity index (χ0v) is 80.2. The highest BCUT2D eigenvalue weighted by atomic mass is 79.9. The second kappa shape index (κ2) is 31.2. The number of quaternary nitrogens is 1. The molecule has 19 atom stereocenters. The topological polar surface area (TPSA) is 238 Å². The van der Waals surface area contributed by atoms with Gasteiger partial charge in [-0.25, -0.2) is 0 Å². The van der Waals surface area contributed by atoms with Gasteiger partial charge in [0.25, 0.3) is 0 Å². The summed E-state index contributed by atoms with van der Waals surface area (Å²) in [5.41, 5.74) is 17.6. The molecular weight excluding hydrogens is 1780 g/mol. The number of halogens is 2. The number of allylic oxidation sites excluding steroid dienone is 6. The number of likely N-dealkylation sites (tertiary alicyclic amines) is 5. The number of carbonyl (C=O) groups is 1. The van der Waals surface area contributed by atoms with E-state index in [2.05, 4.69) is 125 Å². The summed E-state index contributed by atoms with van der Waals surface area (Å²) in [6.07, 6.45) is 44.8. The van der Waals surface area contributed by atoms with E-state index in [9.17, 15) is 45.6 Å². The van der Waals surface area contributed by atoms with E-state index in [4.69, 9.17) is 23.7 Å². The minimum Gasteiger partial charge on any atom is -1.00 e. The molecule has 19 nitrogen and oxygen atoms in total. The van der Waals surface area contributed by atoms with Crippen LogP contribution in [0.2, 0.25) is 0 Å². The van der Waals surface area contributed by atoms with Crippen LogP contribution in [0, 0.1) is 29.6 Å². The van der Waals surface area contributed by atoms with Gasteiger partial charge in [0.15, 0.2) is 69.4 Å². The van der Waals surface area contributed by atoms with Crippen LogP contribution in [0.1, 0.15) is 231 Å². The normalized spacial score (nSPS) is 38.1. The lowest BCUT2D eigenvalue weighted by Gasteiger charge is -2.64. The van der Waals surface area contributed by atoms with Gasteiger partial charge in [0, 0.05) is 114 Å². The Morgan fingerprint density at radius 1 is 0.420 bits per heavy atom. The van der Waals surface area contributed by atoms with E-state index in [1.807, 2.05) is 24.3 Å². The summed E-state index contributed by atoms with van der Waals surface area (Å²) >= 11 is 3.43. The summed E-state index contributed by atoms with van der Waals surface area (Å²) in [5, 5.41) is 88.0. The third-order valence-corrected chi connectivity index (χ3v) is 40.5. The SMILES string of the molecule is BrCC1CCC1.CC1=CC=C2C3Cc4ccc(O)c5c4[C@@]2(CCN3C)[C@H]1O5.CC1=CC=C2C3Cc4ccc(O)c5c4[C@@]2(CCN3CC2CCC2)[C@H]1O5.CC1=CC=C2C3Cc4ccc(O)c5c4[C@@]2(CC[N+]3(C)CC2CCC2)[C@H]1O5.O=C1CC[C@@]2(O)C3Cc4ccc(O)c5c4[C@@]2(CCN3CC2CCC2)[C@H]1O5.Oc1ccc2c3c1O[C@H]1[C@@H](O)CC[C@@]4(O)C(C2)N(CC2CCC2)CC[C@]314.[Br-]. The Morgan fingerprint density at radius 2 is 0.817 bits per heavy atom. The van der Waals surface area contributed by atoms with Gasteiger partial charge in [0.1, 0.15) is 30.5 Å². The molecule has 5 saturated heterocycles. The van der Waals surface area contributed by atoms with E-state index < -0.39 is 40.3 Å². The Bertz CT molecular complexity index is 5760. The molecule has 0 aromatic heterocycles. The van der Waals surface area contributed by atoms with Crippen molar-refractivity contribution >= 4 is 21.7 Å². The Morgan fingerprint density at radius 3 is 1.30 bits per heavy atom. The number of ether oxygens (including phenoxy) is 5. The molecule has 10 aliphatic heterocycles. The minimum absolute atomic E-state index is 0. The second-order valence-electron chi connectivity index (χ2n) is 45.5. The van der Waals surface area contributed by atoms with Crippen molar-refractivity contribution in [1.82, 2.24) is 19.6 Å². The minimum atomic E-state index is -0.945. The first-order chi connectivity index (χ1) is 62.9. The number of rotatable bonds is 9. The van der Waals surface area contributed by atoms with Gasteiger partial charge in [-0.15, -0.1) is 0 Å². The van der Waals surface area contributed by atoms with E-state index >= 15 is 0 Å². The van der Waals surface area contributed by atoms with E-state index in [-0.39, 0.29) is 80.9 Å². The number of nitrogens with zero attached hydrogens (tertiary/aromatic N) is 5. The summed E-state index contributed by atoms with van der Waals surface area (Å²) in [7, 11) is 4.72. The number of aliphatic hydroxyl groups is 3. The largest absolute Gasteiger partial charge is 1.00 e. The number of hydrogen-bond acceptors (Lipinski definition) is 18. The van der Waals surface area contributed by atoms with Crippen LogP contribution in [0.4, 0.5) is 0 Å². The van der Waals surface area contributed by atoms with E-state index in [1.165, 1.54) is 187 Å². The molecule has 10 heterocycles. The number of aliphatic hydroxyl groups excluding tert-OH is 1. The predicted octanol–water partition coefficient (Wildman–Crippen LogP) is 12.9. The smallest absolute Gasteiger partial charge is 0.174 e. The summed E-state index contributed by atoms with van der Waals surface area (Å²) in [5.74, 6) is 8.83. The van der Waals surface area contributed by atoms with Gasteiger partial charge in [0.05, 0.1) is 64.5 Å². The number of hydrogen-bond donors (Lipinski definition) is 8. The highest BCUT2D eigenvalue weighted by Gasteiger charge is 2.76. The number of ketones is 1. The zero-order chi connectivity index (χ0) is 88.6. The third kappa shape index (κ3) is 12.0. The van der Waals surface area contributed by atoms with Crippen LogP contribution in [0.3, 0.4) is 0 Å². The van der Waals surface area contributed by atoms with Crippen molar-refractivity contribution in [3.8, 4) is 57.5 Å². The van der Waals surface area contributed by atoms with Crippen molar-refractivity contribution in [2.75, 3.05) is 78.3 Å². The Labute approximate surface area is 790 Å². The molecule has 5 aromatic rings. The van der Waals surface area contributed by atoms with E-state index in [1.54, 1.807) is 29.3 Å². The number of phenolic OH excluding ortho intramolecular Hbond substituents is 5. The molecule has 21 heteroatoms. The number of alkyl halides is 1. The summed E-state index contributed by atoms with van der Waals surface area (Å²) in [6, 6.07) is 20.9. The first kappa shape index (κ1) is 86.7. The van der Waals surface area contributed by atoms with Crippen LogP contribution >= 0.6 is 15.9 Å². The van der Waals surface area contributed by atoms with Crippen LogP contribution in [-0.2, 0) is 64.0 Å². The summed E-state index contributed by atoms with van der Waals surface area (Å²) in [4.78, 5) is 23.0. The molecule has 25 aliphatic rings. The lowest BCUT2D eigenvalue weighted by Crippen LogP contribution is -3.00. The molecule has 5 aromatic carbocycles. The van der Waals surface area contributed by atoms with Crippen LogP contribution in [-0.4, -0.2) is 227 Å². The average Bonchev–Trinajstić information content (AvgIpc) is 1.53. The highest BCUT2D eigenvalue weighted by molar-refractivity contribution is 9.09. The van der Waals surface area contributed by atoms with Gasteiger partial charge in [0.2, 0.25) is 0 Å². The van der Waals surface area contributed by atoms with Crippen molar-refractivity contribution in [3.63, 3.8) is 0 Å². The molecular formula is C110H133Br2N5O14. The van der Waals surface area contributed by atoms with Gasteiger partial charge in [-0.05, 0) is 292 Å². The lowest BCUT2D eigenvalue weighted by atomic mass is 9.48. The van der Waals surface area contributed by atoms with Crippen LogP contribution < -0.4 is 40.7 Å². The molecule has 696 valence electrons. The second-order valence-corrected chi connectivity index (χ2v) is 46.1. The third-order valence-electron chi connectivity index (χ3n) is 39.5. The molecule has 30 rings (SSSR count). The van der Waals surface area contributed by atoms with E-state index in [0.29, 0.717) is 72.6 Å². The molecule has 0 radical (unpaired) electrons. The fourth-order valence-electron chi connectivity index (χ4n) is 32.0. The Balaban J connectivity index is 0.0000000890. The van der Waals surface area contributed by atoms with Gasteiger partial charge in [-0.1, -0.05) is 115 Å². The van der Waals surface area contributed by atoms with Gasteiger partial charge < -0.3 is 86.0 Å². The number of aromatic hydroxyl groups is 5. The standard InChI is InChI=1S/C23H27NO2.C22H25NO2.C21H27NO4.C21H25NO4.C18H19NO2.C5H9Br.BrH/c1-14-6-8-17-18-12-16-7-9-19(25)21-20(16)23(17,22(14)26-21)10-11-24(18,2)13-15-4-3-5-15;1-13-5-7-16-17-11-15-6-8-18(24)20-19(15)22(16,21(13)25-20)9-10-23(17)12-14-3-2-4-14;2*23-14-5-4-13-10-16-21(25)7-6-15(24)19-20(21,17(13)18(14)26-19)8-9-22(16)11-12-2-1-3-12;1-10-3-5-12-13-9-11-4-6-14(20)16-15(11)18(12,17(10)21-16)7-8-19(13)2;6-4-5-2-1-3-5;/h6-9,15,18,22H,3-5,10-13H2,1-2H3;5-8,14,17,21,24H,2-4,9-12H2,1H3;4-5,12,15-16,19,23-25H,1-3,6-11H2;4-5,12,16,19,23,25H,1-3,6-11H2;3-6,13,17,20H,7-9H2,1-2H3;5H,1-4H2;1H/t18?,22-,23-,24?;17?,21-,22-;15-,16?,19-,20-,21+;16?,19-,20-,21+;13?,17-,18-;;/m00000../s1. The number of benzene rings is 5. The molecule has 5 spiro atoms. The van der Waals surface area contributed by atoms with Gasteiger partial charge in [-0.3, -0.25) is 24.4 Å². The first-order valence-corrected chi connectivity index (χ1v) is 51.7. The number of Topliss-reactive ketones (excluding diaryl/α,β-unsaturated/α-hetero) is 1. The van der Waals surface area contributed by atoms with Crippen molar-refractivity contribution in [2.45, 2.75) is 312 Å². The molecule has 8 N–H and O–H groups in total. The number of carbonyl (C=O) groups excluding carboxylic acids is 1. The fraction of sp³-hybridized carbons (Fsp3) is 0.609. The maximum Gasteiger partial charge on any atom is 0.174 e. The number of phenols is 5. The Hall–Kier alpha value is -7.15. The maximum absolute atomic E-state index is 12.8. The fourth-order valence-corrected chi connectivity index (χ4v) is 32.6. The molecule has 7 saturated carbocycles. The lowest BCUT2D eigenvalue weighted by molar-refractivity contribution is -0.937. The zero-order valence-electron chi connectivity index (χ0n) is 77.1. The molecule has 6 unspecified atom stereocenters. The molecule has 131 heavy (non-hydrogen) atoms. The van der Waals surface area contributed by atoms with Crippen molar-refractivity contribution in [3.05, 3.63) is 186 Å². The molecule has 12 fully saturated rings. The van der Waals surface area contributed by atoms with Crippen LogP contribution in [0.25, 0.3) is 0 Å². The summed E-state index contributed by atoms with van der Waals surface area (Å²) < 4.78 is 32.5. The quantitative estimate of drug-likeness (QED) is 0.0506. The monoisotopic (exact) mass is 1910 g/mol. The predicted molar refractivity (Wildman–Crippen MR) is 500 cm³/mol. The molecule has 0 amide bonds. The number of piperidine rings is 5. The number of likely N-dealkylation sites (N-methyl/N-ethyl adjacent to an activating group) is 2. The van der Waals surface area contributed by atoms with Crippen molar-refractivity contribution in [2.24, 2.45) is 29.6 Å². The highest BCUT2D eigenvalue weighted by Crippen LogP contribution is 2.71. The van der Waals surface area contributed by atoms with Gasteiger partial charge in [-0.2, -0.15) is 0 Å². The van der Waals surface area contributed by atoms with Crippen molar-refractivity contribution < 1.29 is 90.8 Å². The average molecular weight is 1910 g/mol. The van der Waals surface area contributed by atoms with Crippen molar-refractivity contribution in [1.29, 1.82) is 0 Å². The molecule has 15 aliphatic carbocycles. The summed E-state index contributed by atoms with van der Waals surface area (Å²) in [6.45, 7) is 16.5. The van der Waals surface area contributed by atoms with Crippen LogP contribution in [0.5, 0.6) is 57.5 Å². The van der Waals surface area contributed by atoms with E-state index in [0.717, 1.165) is 167 Å². The Kier molecular flexibility index (Phi) is 20.6. The first-order valence-electron chi connectivity index (χ1n) is 50.6. The maximum atomic E-state index is 12.8. The molecule has 10 bridgehead atoms.